The SMILES string of the molecule is CC1([P@@]2CC[C@@H]2[C@H]2CC[P@]2C2(C)CCCCC2)CCCCC1. The van der Waals surface area contributed by atoms with Crippen LogP contribution in [0.1, 0.15) is 90.9 Å². The van der Waals surface area contributed by atoms with Crippen molar-refractivity contribution in [3.8, 4) is 0 Å². The molecular formula is C20H36P2. The lowest BCUT2D eigenvalue weighted by Gasteiger charge is -2.61. The van der Waals surface area contributed by atoms with Gasteiger partial charge in [-0.05, 0) is 72.5 Å². The Morgan fingerprint density at radius 1 is 0.591 bits per heavy atom. The molecule has 4 fully saturated rings. The molecule has 0 nitrogen and oxygen atoms in total. The van der Waals surface area contributed by atoms with Gasteiger partial charge in [0.2, 0.25) is 0 Å². The van der Waals surface area contributed by atoms with Crippen molar-refractivity contribution in [2.45, 2.75) is 113 Å². The molecule has 2 aliphatic carbocycles. The second-order valence-corrected chi connectivity index (χ2v) is 15.5. The Bertz CT molecular complexity index is 355. The van der Waals surface area contributed by atoms with E-state index in [0.717, 1.165) is 10.3 Å². The van der Waals surface area contributed by atoms with Gasteiger partial charge in [-0.1, -0.05) is 68.2 Å². The topological polar surface area (TPSA) is 0 Å². The molecule has 0 amide bonds. The summed E-state index contributed by atoms with van der Waals surface area (Å²) in [5, 5.41) is 1.61. The van der Waals surface area contributed by atoms with Crippen LogP contribution in [0, 0.1) is 0 Å². The minimum atomic E-state index is 0.391. The molecule has 2 heterocycles. The van der Waals surface area contributed by atoms with Crippen molar-refractivity contribution in [2.24, 2.45) is 0 Å². The summed E-state index contributed by atoms with van der Waals surface area (Å²) >= 11 is 0. The van der Waals surface area contributed by atoms with Gasteiger partial charge in [0.15, 0.2) is 0 Å². The van der Waals surface area contributed by atoms with Crippen molar-refractivity contribution in [1.82, 2.24) is 0 Å². The van der Waals surface area contributed by atoms with E-state index in [4.69, 9.17) is 0 Å². The smallest absolute Gasteiger partial charge is 0.0120 e. The van der Waals surface area contributed by atoms with Crippen LogP contribution in [0.4, 0.5) is 0 Å². The summed E-state index contributed by atoms with van der Waals surface area (Å²) in [7, 11) is 0.781. The highest BCUT2D eigenvalue weighted by Crippen LogP contribution is 2.76. The molecule has 2 saturated heterocycles. The van der Waals surface area contributed by atoms with Gasteiger partial charge in [-0.3, -0.25) is 0 Å². The minimum absolute atomic E-state index is 0.391. The van der Waals surface area contributed by atoms with E-state index in [0.29, 0.717) is 15.8 Å². The third-order valence-electron chi connectivity index (χ3n) is 7.82. The van der Waals surface area contributed by atoms with Crippen LogP contribution in [0.25, 0.3) is 0 Å². The molecular weight excluding hydrogens is 302 g/mol. The largest absolute Gasteiger partial charge is 0.0968 e. The van der Waals surface area contributed by atoms with Crippen molar-refractivity contribution in [3.05, 3.63) is 0 Å². The van der Waals surface area contributed by atoms with E-state index in [-0.39, 0.29) is 0 Å². The molecule has 4 aliphatic rings. The molecule has 4 rings (SSSR count). The van der Waals surface area contributed by atoms with E-state index in [1.165, 1.54) is 24.2 Å². The third-order valence-corrected chi connectivity index (χ3v) is 16.0. The molecule has 0 N–H and O–H groups in total. The molecule has 2 aliphatic heterocycles. The summed E-state index contributed by atoms with van der Waals surface area (Å²) in [4.78, 5) is 0. The Labute approximate surface area is 141 Å². The van der Waals surface area contributed by atoms with Gasteiger partial charge in [-0.25, -0.2) is 0 Å². The molecule has 0 bridgehead atoms. The summed E-state index contributed by atoms with van der Waals surface area (Å²) in [5.74, 6) is 0. The van der Waals surface area contributed by atoms with Gasteiger partial charge in [0, 0.05) is 0 Å². The first-order chi connectivity index (χ1) is 10.6. The standard InChI is InChI=1S/C20H36P2/c1-19(11-5-3-6-12-19)21-15-9-17(21)18-10-16-22(18)20(2)13-7-4-8-14-20/h17-18H,3-16H2,1-2H3/t17-,18-,21+,22+/m1/s1. The van der Waals surface area contributed by atoms with Crippen LogP contribution in [-0.2, 0) is 0 Å². The maximum Gasteiger partial charge on any atom is -0.0120 e. The molecule has 2 heteroatoms. The quantitative estimate of drug-likeness (QED) is 0.489. The van der Waals surface area contributed by atoms with Gasteiger partial charge in [-0.2, -0.15) is 0 Å². The van der Waals surface area contributed by atoms with Crippen molar-refractivity contribution in [2.75, 3.05) is 12.3 Å². The lowest BCUT2D eigenvalue weighted by Crippen LogP contribution is -2.48. The van der Waals surface area contributed by atoms with E-state index in [1.54, 1.807) is 76.5 Å². The van der Waals surface area contributed by atoms with Crippen molar-refractivity contribution < 1.29 is 0 Å². The molecule has 4 atom stereocenters. The van der Waals surface area contributed by atoms with Crippen LogP contribution in [0.3, 0.4) is 0 Å². The molecule has 0 aromatic heterocycles. The van der Waals surface area contributed by atoms with Crippen LogP contribution in [0.5, 0.6) is 0 Å². The summed E-state index contributed by atoms with van der Waals surface area (Å²) in [6.07, 6.45) is 22.1. The van der Waals surface area contributed by atoms with Gasteiger partial charge >= 0.3 is 0 Å². The van der Waals surface area contributed by atoms with Crippen LogP contribution in [0.2, 0.25) is 0 Å². The fourth-order valence-electron chi connectivity index (χ4n) is 6.16. The molecule has 126 valence electrons. The normalized spacial score (nSPS) is 43.9. The van der Waals surface area contributed by atoms with Crippen LogP contribution < -0.4 is 0 Å². The summed E-state index contributed by atoms with van der Waals surface area (Å²) in [5.41, 5.74) is 2.44. The highest BCUT2D eigenvalue weighted by molar-refractivity contribution is 7.66. The predicted molar refractivity (Wildman–Crippen MR) is 103 cm³/mol. The predicted octanol–water partition coefficient (Wildman–Crippen LogP) is 6.94. The molecule has 0 aromatic carbocycles. The highest BCUT2D eigenvalue weighted by Gasteiger charge is 2.54. The van der Waals surface area contributed by atoms with E-state index in [9.17, 15) is 0 Å². The Morgan fingerprint density at radius 2 is 0.955 bits per heavy atom. The van der Waals surface area contributed by atoms with E-state index in [1.807, 2.05) is 0 Å². The zero-order valence-electron chi connectivity index (χ0n) is 14.9. The molecule has 0 radical (unpaired) electrons. The molecule has 0 unspecified atom stereocenters. The fraction of sp³-hybridized carbons (Fsp3) is 1.00. The molecule has 0 spiro atoms. The third kappa shape index (κ3) is 2.73. The monoisotopic (exact) mass is 338 g/mol. The summed E-state index contributed by atoms with van der Waals surface area (Å²) in [6, 6.07) is 0. The first-order valence-electron chi connectivity index (χ1n) is 10.2. The molecule has 0 aromatic rings. The second-order valence-electron chi connectivity index (χ2n) is 9.21. The van der Waals surface area contributed by atoms with Crippen LogP contribution >= 0.6 is 15.8 Å². The Kier molecular flexibility index (Phi) is 4.68. The Balaban J connectivity index is 1.43. The maximum absolute atomic E-state index is 2.70. The van der Waals surface area contributed by atoms with Crippen LogP contribution in [-0.4, -0.2) is 34.0 Å². The van der Waals surface area contributed by atoms with E-state index >= 15 is 0 Å². The van der Waals surface area contributed by atoms with Crippen molar-refractivity contribution in [1.29, 1.82) is 0 Å². The zero-order chi connectivity index (χ0) is 15.2. The van der Waals surface area contributed by atoms with Gasteiger partial charge in [0.1, 0.15) is 0 Å². The summed E-state index contributed by atoms with van der Waals surface area (Å²) in [6.45, 7) is 5.40. The van der Waals surface area contributed by atoms with Gasteiger partial charge < -0.3 is 0 Å². The Hall–Kier alpha value is 0.860. The molecule has 22 heavy (non-hydrogen) atoms. The average Bonchev–Trinajstić information content (AvgIpc) is 2.42. The van der Waals surface area contributed by atoms with Crippen LogP contribution in [0.15, 0.2) is 0 Å². The van der Waals surface area contributed by atoms with E-state index < -0.39 is 0 Å². The molecule has 2 saturated carbocycles. The first-order valence-corrected chi connectivity index (χ1v) is 13.4. The van der Waals surface area contributed by atoms with Gasteiger partial charge in [0.25, 0.3) is 0 Å². The lowest BCUT2D eigenvalue weighted by atomic mass is 9.90. The second kappa shape index (κ2) is 6.30. The highest BCUT2D eigenvalue weighted by atomic mass is 31.1. The Morgan fingerprint density at radius 3 is 1.23 bits per heavy atom. The van der Waals surface area contributed by atoms with Crippen molar-refractivity contribution >= 4 is 15.8 Å². The van der Waals surface area contributed by atoms with Crippen molar-refractivity contribution in [3.63, 3.8) is 0 Å². The first kappa shape index (κ1) is 16.3. The number of hydrogen-bond acceptors (Lipinski definition) is 0. The number of hydrogen-bond donors (Lipinski definition) is 0. The zero-order valence-corrected chi connectivity index (χ0v) is 16.7. The van der Waals surface area contributed by atoms with Gasteiger partial charge in [0.05, 0.1) is 0 Å². The summed E-state index contributed by atoms with van der Waals surface area (Å²) < 4.78 is 0. The van der Waals surface area contributed by atoms with Gasteiger partial charge in [-0.15, -0.1) is 0 Å². The lowest BCUT2D eigenvalue weighted by molar-refractivity contribution is 0.396. The minimum Gasteiger partial charge on any atom is -0.0968 e. The number of rotatable bonds is 3. The van der Waals surface area contributed by atoms with E-state index in [2.05, 4.69) is 13.8 Å². The maximum atomic E-state index is 2.70. The fourth-order valence-corrected chi connectivity index (χ4v) is 14.3. The average molecular weight is 338 g/mol.